The van der Waals surface area contributed by atoms with Gasteiger partial charge in [-0.05, 0) is 12.1 Å². The van der Waals surface area contributed by atoms with Crippen molar-refractivity contribution in [1.82, 2.24) is 0 Å². The molecule has 5 heteroatoms. The molecule has 0 spiro atoms. The maximum absolute atomic E-state index is 10.2. The minimum Gasteiger partial charge on any atom is -0.545 e. The SMILES string of the molecule is Nc1cccc(C(=O)[O-])c1O.[Na+]. The van der Waals surface area contributed by atoms with Gasteiger partial charge in [0.2, 0.25) is 0 Å². The average Bonchev–Trinajstić information content (AvgIpc) is 1.94. The number of anilines is 1. The van der Waals surface area contributed by atoms with Crippen LogP contribution in [0.4, 0.5) is 5.69 Å². The van der Waals surface area contributed by atoms with Crippen molar-refractivity contribution >= 4 is 11.7 Å². The Bertz CT molecular complexity index is 301. The summed E-state index contributed by atoms with van der Waals surface area (Å²) in [5.74, 6) is -1.87. The van der Waals surface area contributed by atoms with Gasteiger partial charge in [-0.2, -0.15) is 0 Å². The molecule has 0 amide bonds. The topological polar surface area (TPSA) is 86.4 Å². The maximum atomic E-state index is 10.2. The van der Waals surface area contributed by atoms with Gasteiger partial charge in [0.05, 0.1) is 11.7 Å². The third kappa shape index (κ3) is 2.14. The van der Waals surface area contributed by atoms with Gasteiger partial charge in [0.25, 0.3) is 0 Å². The largest absolute Gasteiger partial charge is 1.00 e. The number of benzene rings is 1. The summed E-state index contributed by atoms with van der Waals surface area (Å²) in [6, 6.07) is 4.06. The number of aromatic carboxylic acids is 1. The first-order valence-corrected chi connectivity index (χ1v) is 2.91. The predicted octanol–water partition coefficient (Wildman–Crippen LogP) is -3.66. The van der Waals surface area contributed by atoms with Crippen LogP contribution in [0.25, 0.3) is 0 Å². The molecule has 0 saturated heterocycles. The molecule has 0 aliphatic rings. The van der Waals surface area contributed by atoms with E-state index >= 15 is 0 Å². The summed E-state index contributed by atoms with van der Waals surface area (Å²) in [4.78, 5) is 10.2. The number of nitrogens with two attached hydrogens (primary N) is 1. The van der Waals surface area contributed by atoms with Crippen LogP contribution in [0.2, 0.25) is 0 Å². The number of carboxylic acid groups (broad SMARTS) is 1. The normalized spacial score (nSPS) is 8.67. The molecule has 0 aliphatic heterocycles. The molecule has 0 bridgehead atoms. The van der Waals surface area contributed by atoms with Crippen LogP contribution in [0.1, 0.15) is 10.4 Å². The van der Waals surface area contributed by atoms with E-state index in [0.717, 1.165) is 0 Å². The van der Waals surface area contributed by atoms with Gasteiger partial charge in [-0.15, -0.1) is 0 Å². The number of hydrogen-bond acceptors (Lipinski definition) is 4. The summed E-state index contributed by atoms with van der Waals surface area (Å²) in [5, 5.41) is 19.3. The summed E-state index contributed by atoms with van der Waals surface area (Å²) in [7, 11) is 0. The number of carbonyl (C=O) groups excluding carboxylic acids is 1. The van der Waals surface area contributed by atoms with E-state index in [1.165, 1.54) is 18.2 Å². The minimum absolute atomic E-state index is 0. The summed E-state index contributed by atoms with van der Waals surface area (Å²) in [6.07, 6.45) is 0. The number of carboxylic acids is 1. The van der Waals surface area contributed by atoms with Crippen LogP contribution in [0.15, 0.2) is 18.2 Å². The Kier molecular flexibility index (Phi) is 4.09. The van der Waals surface area contributed by atoms with E-state index in [1.54, 1.807) is 0 Å². The fraction of sp³-hybridized carbons (Fsp3) is 0. The molecular weight excluding hydrogens is 169 g/mol. The Morgan fingerprint density at radius 1 is 1.50 bits per heavy atom. The first kappa shape index (κ1) is 11.3. The third-order valence-corrected chi connectivity index (χ3v) is 1.29. The Hall–Kier alpha value is -0.710. The zero-order valence-corrected chi connectivity index (χ0v) is 8.57. The quantitative estimate of drug-likeness (QED) is 0.262. The molecule has 0 fully saturated rings. The van der Waals surface area contributed by atoms with Gasteiger partial charge < -0.3 is 20.7 Å². The number of phenols is 1. The molecule has 0 radical (unpaired) electrons. The van der Waals surface area contributed by atoms with Gasteiger partial charge in [0, 0.05) is 5.56 Å². The molecule has 12 heavy (non-hydrogen) atoms. The molecule has 1 aromatic rings. The van der Waals surface area contributed by atoms with E-state index in [0.29, 0.717) is 0 Å². The van der Waals surface area contributed by atoms with E-state index in [2.05, 4.69) is 0 Å². The number of hydrogen-bond donors (Lipinski definition) is 2. The van der Waals surface area contributed by atoms with Crippen molar-refractivity contribution in [2.75, 3.05) is 5.73 Å². The summed E-state index contributed by atoms with van der Waals surface area (Å²) >= 11 is 0. The van der Waals surface area contributed by atoms with E-state index in [4.69, 9.17) is 10.8 Å². The number of carbonyl (C=O) groups is 1. The first-order chi connectivity index (χ1) is 5.13. The Morgan fingerprint density at radius 3 is 2.50 bits per heavy atom. The van der Waals surface area contributed by atoms with Crippen LogP contribution in [0, 0.1) is 0 Å². The van der Waals surface area contributed by atoms with Crippen LogP contribution in [0.5, 0.6) is 5.75 Å². The van der Waals surface area contributed by atoms with Gasteiger partial charge in [-0.3, -0.25) is 0 Å². The van der Waals surface area contributed by atoms with Crippen molar-refractivity contribution in [3.05, 3.63) is 23.8 Å². The third-order valence-electron chi connectivity index (χ3n) is 1.29. The zero-order chi connectivity index (χ0) is 8.43. The molecule has 0 heterocycles. The monoisotopic (exact) mass is 175 g/mol. The van der Waals surface area contributed by atoms with Crippen molar-refractivity contribution in [1.29, 1.82) is 0 Å². The molecular formula is C7H6NNaO3. The van der Waals surface area contributed by atoms with Crippen molar-refractivity contribution in [2.45, 2.75) is 0 Å². The van der Waals surface area contributed by atoms with Crippen molar-refractivity contribution in [3.63, 3.8) is 0 Å². The van der Waals surface area contributed by atoms with E-state index in [1.807, 2.05) is 0 Å². The average molecular weight is 175 g/mol. The summed E-state index contributed by atoms with van der Waals surface area (Å²) < 4.78 is 0. The Balaban J connectivity index is 0.00000121. The predicted molar refractivity (Wildman–Crippen MR) is 36.8 cm³/mol. The summed E-state index contributed by atoms with van der Waals surface area (Å²) in [5.41, 5.74) is 4.96. The first-order valence-electron chi connectivity index (χ1n) is 2.91. The number of nitrogen functional groups attached to an aromatic ring is 1. The molecule has 0 aliphatic carbocycles. The van der Waals surface area contributed by atoms with Crippen molar-refractivity contribution in [2.24, 2.45) is 0 Å². The molecule has 0 aromatic heterocycles. The molecule has 4 nitrogen and oxygen atoms in total. The molecule has 0 saturated carbocycles. The fourth-order valence-corrected chi connectivity index (χ4v) is 0.726. The Morgan fingerprint density at radius 2 is 2.08 bits per heavy atom. The second-order valence-corrected chi connectivity index (χ2v) is 2.03. The number of aromatic hydroxyl groups is 1. The van der Waals surface area contributed by atoms with Crippen LogP contribution in [-0.4, -0.2) is 11.1 Å². The standard InChI is InChI=1S/C7H7NO3.Na/c8-5-3-1-2-4(6(5)9)7(10)11;/h1-3,9H,8H2,(H,10,11);/q;+1/p-1. The van der Waals surface area contributed by atoms with Crippen LogP contribution < -0.4 is 40.4 Å². The van der Waals surface area contributed by atoms with Crippen LogP contribution in [-0.2, 0) is 0 Å². The molecule has 1 rings (SSSR count). The molecule has 58 valence electrons. The molecule has 3 N–H and O–H groups in total. The van der Waals surface area contributed by atoms with Crippen molar-refractivity contribution in [3.8, 4) is 5.75 Å². The second kappa shape index (κ2) is 4.35. The van der Waals surface area contributed by atoms with Gasteiger partial charge >= 0.3 is 29.6 Å². The van der Waals surface area contributed by atoms with Gasteiger partial charge in [-0.25, -0.2) is 0 Å². The number of rotatable bonds is 1. The maximum Gasteiger partial charge on any atom is 1.00 e. The molecule has 0 atom stereocenters. The minimum atomic E-state index is -1.44. The van der Waals surface area contributed by atoms with E-state index in [-0.39, 0.29) is 40.8 Å². The van der Waals surface area contributed by atoms with E-state index in [9.17, 15) is 9.90 Å². The summed E-state index contributed by atoms with van der Waals surface area (Å²) in [6.45, 7) is 0. The number of para-hydroxylation sites is 1. The van der Waals surface area contributed by atoms with E-state index < -0.39 is 11.7 Å². The van der Waals surface area contributed by atoms with Gasteiger partial charge in [0.15, 0.2) is 0 Å². The molecule has 1 aromatic carbocycles. The molecule has 0 unspecified atom stereocenters. The van der Waals surface area contributed by atoms with Gasteiger partial charge in [0.1, 0.15) is 5.75 Å². The second-order valence-electron chi connectivity index (χ2n) is 2.03. The van der Waals surface area contributed by atoms with Crippen LogP contribution in [0.3, 0.4) is 0 Å². The zero-order valence-electron chi connectivity index (χ0n) is 6.57. The van der Waals surface area contributed by atoms with Gasteiger partial charge in [-0.1, -0.05) is 6.07 Å². The Labute approximate surface area is 91.3 Å². The fourth-order valence-electron chi connectivity index (χ4n) is 0.726. The van der Waals surface area contributed by atoms with Crippen LogP contribution >= 0.6 is 0 Å². The van der Waals surface area contributed by atoms with Crippen molar-refractivity contribution < 1.29 is 44.6 Å². The smallest absolute Gasteiger partial charge is 0.545 e.